The van der Waals surface area contributed by atoms with Gasteiger partial charge in [0.25, 0.3) is 0 Å². The molecule has 6 nitrogen and oxygen atoms in total. The summed E-state index contributed by atoms with van der Waals surface area (Å²) in [6, 6.07) is 6.63. The van der Waals surface area contributed by atoms with E-state index in [9.17, 15) is 13.2 Å². The first-order valence-corrected chi connectivity index (χ1v) is 7.50. The Morgan fingerprint density at radius 1 is 1.42 bits per heavy atom. The van der Waals surface area contributed by atoms with E-state index in [1.165, 1.54) is 6.07 Å². The Balaban J connectivity index is 2.26. The van der Waals surface area contributed by atoms with Crippen LogP contribution in [0.2, 0.25) is 0 Å². The van der Waals surface area contributed by atoms with Crippen molar-refractivity contribution in [2.45, 2.75) is 11.8 Å². The van der Waals surface area contributed by atoms with Crippen LogP contribution in [0, 0.1) is 5.92 Å². The Bertz CT molecular complexity index is 579. The summed E-state index contributed by atoms with van der Waals surface area (Å²) in [7, 11) is -3.54. The summed E-state index contributed by atoms with van der Waals surface area (Å²) >= 11 is 0. The first kappa shape index (κ1) is 13.8. The normalized spacial score (nSPS) is 16.2. The van der Waals surface area contributed by atoms with Crippen molar-refractivity contribution in [3.8, 4) is 0 Å². The van der Waals surface area contributed by atoms with E-state index in [-0.39, 0.29) is 4.90 Å². The predicted octanol–water partition coefficient (Wildman–Crippen LogP) is 0.506. The first-order valence-electron chi connectivity index (χ1n) is 6.02. The predicted molar refractivity (Wildman–Crippen MR) is 70.6 cm³/mol. The number of carboxylic acids is 1. The maximum atomic E-state index is 12.1. The summed E-state index contributed by atoms with van der Waals surface area (Å²) in [5.74, 6) is -1.27. The molecule has 0 atom stereocenters. The summed E-state index contributed by atoms with van der Waals surface area (Å²) < 4.78 is 26.6. The first-order chi connectivity index (χ1) is 8.95. The number of rotatable bonds is 5. The molecule has 1 aromatic rings. The number of benzene rings is 1. The van der Waals surface area contributed by atoms with Crippen molar-refractivity contribution < 1.29 is 18.3 Å². The molecule has 0 aromatic heterocycles. The standard InChI is InChI=1S/C12H16N2O4S/c1-2-13-19(17,18)11-6-4-3-5-10(11)14-7-9(8-14)12(15)16/h3-6,9,13H,2,7-8H2,1H3,(H,15,16). The number of hydrogen-bond acceptors (Lipinski definition) is 4. The van der Waals surface area contributed by atoms with Crippen molar-refractivity contribution in [3.05, 3.63) is 24.3 Å². The van der Waals surface area contributed by atoms with Crippen molar-refractivity contribution in [1.82, 2.24) is 4.72 Å². The third-order valence-corrected chi connectivity index (χ3v) is 4.65. The van der Waals surface area contributed by atoms with Crippen molar-refractivity contribution in [3.63, 3.8) is 0 Å². The molecule has 1 aliphatic heterocycles. The summed E-state index contributed by atoms with van der Waals surface area (Å²) in [5, 5.41) is 8.85. The number of hydrogen-bond donors (Lipinski definition) is 2. The minimum absolute atomic E-state index is 0.195. The summed E-state index contributed by atoms with van der Waals surface area (Å²) in [6.45, 7) is 2.71. The maximum absolute atomic E-state index is 12.1. The van der Waals surface area contributed by atoms with Crippen LogP contribution in [0.1, 0.15) is 6.92 Å². The minimum Gasteiger partial charge on any atom is -0.481 e. The molecule has 0 amide bonds. The van der Waals surface area contributed by atoms with Crippen LogP contribution >= 0.6 is 0 Å². The molecule has 1 saturated heterocycles. The van der Waals surface area contributed by atoms with Gasteiger partial charge in [0.2, 0.25) is 10.0 Å². The second kappa shape index (κ2) is 5.18. The van der Waals surface area contributed by atoms with Gasteiger partial charge in [0.1, 0.15) is 4.90 Å². The molecule has 19 heavy (non-hydrogen) atoms. The van der Waals surface area contributed by atoms with Gasteiger partial charge >= 0.3 is 5.97 Å². The molecule has 0 aliphatic carbocycles. The van der Waals surface area contributed by atoms with Crippen LogP contribution in [0.5, 0.6) is 0 Å². The molecule has 0 saturated carbocycles. The number of carbonyl (C=O) groups is 1. The van der Waals surface area contributed by atoms with Crippen LogP contribution in [0.25, 0.3) is 0 Å². The molecule has 0 radical (unpaired) electrons. The van der Waals surface area contributed by atoms with E-state index in [1.807, 2.05) is 0 Å². The zero-order valence-electron chi connectivity index (χ0n) is 10.5. The average molecular weight is 284 g/mol. The number of nitrogens with zero attached hydrogens (tertiary/aromatic N) is 1. The number of carboxylic acid groups (broad SMARTS) is 1. The molecule has 2 N–H and O–H groups in total. The lowest BCUT2D eigenvalue weighted by Gasteiger charge is -2.39. The van der Waals surface area contributed by atoms with E-state index < -0.39 is 21.9 Å². The lowest BCUT2D eigenvalue weighted by atomic mass is 10.00. The topological polar surface area (TPSA) is 86.7 Å². The highest BCUT2D eigenvalue weighted by molar-refractivity contribution is 7.89. The van der Waals surface area contributed by atoms with Gasteiger partial charge in [-0.25, -0.2) is 13.1 Å². The van der Waals surface area contributed by atoms with Crippen LogP contribution in [0.15, 0.2) is 29.2 Å². The van der Waals surface area contributed by atoms with E-state index in [0.29, 0.717) is 25.3 Å². The summed E-state index contributed by atoms with van der Waals surface area (Å²) in [4.78, 5) is 12.7. The maximum Gasteiger partial charge on any atom is 0.310 e. The SMILES string of the molecule is CCNS(=O)(=O)c1ccccc1N1CC(C(=O)O)C1. The molecule has 7 heteroatoms. The molecular formula is C12H16N2O4S. The fourth-order valence-corrected chi connectivity index (χ4v) is 3.31. The van der Waals surface area contributed by atoms with Gasteiger partial charge in [-0.15, -0.1) is 0 Å². The van der Waals surface area contributed by atoms with E-state index in [0.717, 1.165) is 0 Å². The van der Waals surface area contributed by atoms with Gasteiger partial charge in [0, 0.05) is 19.6 Å². The molecule has 0 spiro atoms. The van der Waals surface area contributed by atoms with Crippen molar-refractivity contribution in [1.29, 1.82) is 0 Å². The van der Waals surface area contributed by atoms with Crippen LogP contribution in [-0.4, -0.2) is 39.1 Å². The lowest BCUT2D eigenvalue weighted by Crippen LogP contribution is -2.51. The van der Waals surface area contributed by atoms with Gasteiger partial charge < -0.3 is 10.0 Å². The molecule has 1 aliphatic rings. The van der Waals surface area contributed by atoms with E-state index >= 15 is 0 Å². The monoisotopic (exact) mass is 284 g/mol. The summed E-state index contributed by atoms with van der Waals surface area (Å²) in [6.07, 6.45) is 0. The second-order valence-corrected chi connectivity index (χ2v) is 6.14. The third kappa shape index (κ3) is 2.71. The molecular weight excluding hydrogens is 268 g/mol. The Morgan fingerprint density at radius 2 is 2.05 bits per heavy atom. The highest BCUT2D eigenvalue weighted by Gasteiger charge is 2.35. The quantitative estimate of drug-likeness (QED) is 0.822. The number of anilines is 1. The van der Waals surface area contributed by atoms with Crippen LogP contribution in [-0.2, 0) is 14.8 Å². The van der Waals surface area contributed by atoms with Crippen molar-refractivity contribution in [2.75, 3.05) is 24.5 Å². The van der Waals surface area contributed by atoms with Gasteiger partial charge in [-0.3, -0.25) is 4.79 Å². The Labute approximate surface area is 112 Å². The lowest BCUT2D eigenvalue weighted by molar-refractivity contribution is -0.142. The van der Waals surface area contributed by atoms with Crippen LogP contribution in [0.3, 0.4) is 0 Å². The van der Waals surface area contributed by atoms with E-state index in [2.05, 4.69) is 4.72 Å². The Morgan fingerprint density at radius 3 is 2.63 bits per heavy atom. The fraction of sp³-hybridized carbons (Fsp3) is 0.417. The van der Waals surface area contributed by atoms with E-state index in [1.54, 1.807) is 30.0 Å². The average Bonchev–Trinajstić information content (AvgIpc) is 2.27. The minimum atomic E-state index is -3.54. The van der Waals surface area contributed by atoms with Gasteiger partial charge in [-0.2, -0.15) is 0 Å². The van der Waals surface area contributed by atoms with Crippen molar-refractivity contribution >= 4 is 21.7 Å². The Hall–Kier alpha value is -1.60. The Kier molecular flexibility index (Phi) is 3.77. The van der Waals surface area contributed by atoms with Gasteiger partial charge in [-0.1, -0.05) is 19.1 Å². The number of nitrogens with one attached hydrogen (secondary N) is 1. The highest BCUT2D eigenvalue weighted by Crippen LogP contribution is 2.30. The molecule has 1 fully saturated rings. The van der Waals surface area contributed by atoms with Crippen molar-refractivity contribution in [2.24, 2.45) is 5.92 Å². The number of sulfonamides is 1. The van der Waals surface area contributed by atoms with Crippen LogP contribution in [0.4, 0.5) is 5.69 Å². The fourth-order valence-electron chi connectivity index (χ4n) is 2.04. The third-order valence-electron chi connectivity index (χ3n) is 3.06. The second-order valence-electron chi connectivity index (χ2n) is 4.41. The molecule has 2 rings (SSSR count). The zero-order chi connectivity index (χ0) is 14.0. The van der Waals surface area contributed by atoms with Crippen LogP contribution < -0.4 is 9.62 Å². The number of para-hydroxylation sites is 1. The van der Waals surface area contributed by atoms with Gasteiger partial charge in [0.15, 0.2) is 0 Å². The molecule has 104 valence electrons. The molecule has 0 unspecified atom stereocenters. The van der Waals surface area contributed by atoms with E-state index in [4.69, 9.17) is 5.11 Å². The molecule has 0 bridgehead atoms. The largest absolute Gasteiger partial charge is 0.481 e. The summed E-state index contributed by atoms with van der Waals surface area (Å²) in [5.41, 5.74) is 0.556. The highest BCUT2D eigenvalue weighted by atomic mass is 32.2. The van der Waals surface area contributed by atoms with Gasteiger partial charge in [0.05, 0.1) is 11.6 Å². The number of aliphatic carboxylic acids is 1. The zero-order valence-corrected chi connectivity index (χ0v) is 11.4. The molecule has 1 aromatic carbocycles. The molecule has 1 heterocycles. The smallest absolute Gasteiger partial charge is 0.310 e. The van der Waals surface area contributed by atoms with Gasteiger partial charge in [-0.05, 0) is 12.1 Å².